The first-order valence-electron chi connectivity index (χ1n) is 12.8. The highest BCUT2D eigenvalue weighted by Gasteiger charge is 2.12. The number of benzene rings is 2. The predicted octanol–water partition coefficient (Wildman–Crippen LogP) is 6.42. The van der Waals surface area contributed by atoms with Crippen LogP contribution in [-0.2, 0) is 0 Å². The molecule has 1 aromatic heterocycles. The molecule has 38 heavy (non-hydrogen) atoms. The lowest BCUT2D eigenvalue weighted by Gasteiger charge is -2.15. The first kappa shape index (κ1) is 29.0. The third-order valence-electron chi connectivity index (χ3n) is 5.34. The molecule has 1 heterocycles. The summed E-state index contributed by atoms with van der Waals surface area (Å²) in [5, 5.41) is 4.04. The van der Waals surface area contributed by atoms with Crippen LogP contribution in [0, 0.1) is 0 Å². The largest absolute Gasteiger partial charge is 0.494 e. The fourth-order valence-corrected chi connectivity index (χ4v) is 4.03. The average Bonchev–Trinajstić information content (AvgIpc) is 2.93. The minimum absolute atomic E-state index is 0.322. The van der Waals surface area contributed by atoms with Crippen LogP contribution in [0.2, 0.25) is 0 Å². The van der Waals surface area contributed by atoms with Gasteiger partial charge in [0.05, 0.1) is 23.9 Å². The molecule has 1 amide bonds. The summed E-state index contributed by atoms with van der Waals surface area (Å²) in [7, 11) is 0. The Labute approximate surface area is 232 Å². The van der Waals surface area contributed by atoms with Crippen molar-refractivity contribution >= 4 is 28.1 Å². The lowest BCUT2D eigenvalue weighted by Crippen LogP contribution is -2.17. The van der Waals surface area contributed by atoms with Crippen LogP contribution in [0.25, 0.3) is 0 Å². The molecule has 0 saturated heterocycles. The molecule has 2 aromatic carbocycles. The Balaban J connectivity index is 1.49. The molecule has 0 aliphatic rings. The number of unbranched alkanes of at least 4 members (excludes halogenated alkanes) is 3. The molecule has 0 spiro atoms. The first-order valence-corrected chi connectivity index (χ1v) is 13.6. The Morgan fingerprint density at radius 3 is 2.26 bits per heavy atom. The van der Waals surface area contributed by atoms with Gasteiger partial charge in [-0.2, -0.15) is 5.10 Å². The van der Waals surface area contributed by atoms with E-state index in [9.17, 15) is 4.79 Å². The molecular weight excluding hydrogens is 550 g/mol. The fraction of sp³-hybridized carbons (Fsp3) is 0.345. The van der Waals surface area contributed by atoms with Gasteiger partial charge >= 0.3 is 0 Å². The van der Waals surface area contributed by atoms with E-state index in [2.05, 4.69) is 38.4 Å². The minimum Gasteiger partial charge on any atom is -0.494 e. The van der Waals surface area contributed by atoms with Crippen LogP contribution in [0.4, 0.5) is 0 Å². The highest BCUT2D eigenvalue weighted by atomic mass is 79.9. The molecular formula is C29H34BrN3O5. The molecule has 0 aliphatic heterocycles. The minimum atomic E-state index is -0.322. The van der Waals surface area contributed by atoms with Gasteiger partial charge in [0.2, 0.25) is 0 Å². The number of nitrogens with zero attached hydrogens (tertiary/aromatic N) is 2. The molecule has 0 atom stereocenters. The molecule has 3 aromatic rings. The number of pyridine rings is 1. The number of amides is 1. The zero-order valence-corrected chi connectivity index (χ0v) is 23.4. The van der Waals surface area contributed by atoms with Crippen molar-refractivity contribution in [2.24, 2.45) is 5.10 Å². The normalized spacial score (nSPS) is 10.8. The van der Waals surface area contributed by atoms with E-state index in [0.717, 1.165) is 30.1 Å². The number of nitrogens with one attached hydrogen (secondary N) is 1. The Bertz CT molecular complexity index is 1160. The second-order valence-electron chi connectivity index (χ2n) is 8.28. The summed E-state index contributed by atoms with van der Waals surface area (Å²) in [6.07, 6.45) is 9.37. The number of ether oxygens (including phenoxy) is 4. The summed E-state index contributed by atoms with van der Waals surface area (Å²) in [6.45, 7) is 5.98. The molecule has 0 fully saturated rings. The smallest absolute Gasteiger partial charge is 0.271 e. The quantitative estimate of drug-likeness (QED) is 0.119. The van der Waals surface area contributed by atoms with Gasteiger partial charge in [-0.25, -0.2) is 5.43 Å². The zero-order valence-electron chi connectivity index (χ0n) is 21.8. The van der Waals surface area contributed by atoms with E-state index in [1.165, 1.54) is 25.5 Å². The van der Waals surface area contributed by atoms with Crippen molar-refractivity contribution in [3.63, 3.8) is 0 Å². The monoisotopic (exact) mass is 583 g/mol. The van der Waals surface area contributed by atoms with Crippen molar-refractivity contribution in [1.82, 2.24) is 10.4 Å². The Hall–Kier alpha value is -3.59. The Morgan fingerprint density at radius 1 is 0.895 bits per heavy atom. The highest BCUT2D eigenvalue weighted by Crippen LogP contribution is 2.36. The summed E-state index contributed by atoms with van der Waals surface area (Å²) in [4.78, 5) is 16.0. The standard InChI is InChI=1S/C29H34BrN3O5/c1-3-5-6-7-16-36-24-8-10-25(11-9-24)37-17-18-38-28-26(30)19-22(20-27(28)35-4-2)21-32-33-29(34)23-12-14-31-15-13-23/h8-15,19-21H,3-7,16-18H2,1-2H3,(H,33,34). The lowest BCUT2D eigenvalue weighted by molar-refractivity contribution is 0.0955. The topological polar surface area (TPSA) is 91.3 Å². The lowest BCUT2D eigenvalue weighted by atomic mass is 10.2. The van der Waals surface area contributed by atoms with Crippen molar-refractivity contribution in [3.8, 4) is 23.0 Å². The van der Waals surface area contributed by atoms with E-state index in [1.54, 1.807) is 30.6 Å². The van der Waals surface area contributed by atoms with E-state index < -0.39 is 0 Å². The van der Waals surface area contributed by atoms with E-state index in [-0.39, 0.29) is 5.91 Å². The van der Waals surface area contributed by atoms with E-state index in [4.69, 9.17) is 18.9 Å². The third-order valence-corrected chi connectivity index (χ3v) is 5.93. The molecule has 0 radical (unpaired) electrons. The van der Waals surface area contributed by atoms with Crippen LogP contribution in [0.3, 0.4) is 0 Å². The number of hydrazone groups is 1. The van der Waals surface area contributed by atoms with Crippen molar-refractivity contribution < 1.29 is 23.7 Å². The average molecular weight is 585 g/mol. The van der Waals surface area contributed by atoms with Crippen LogP contribution in [0.1, 0.15) is 55.5 Å². The van der Waals surface area contributed by atoms with Crippen LogP contribution < -0.4 is 24.4 Å². The van der Waals surface area contributed by atoms with Gasteiger partial charge in [-0.3, -0.25) is 9.78 Å². The van der Waals surface area contributed by atoms with E-state index >= 15 is 0 Å². The van der Waals surface area contributed by atoms with Gasteiger partial charge in [0.1, 0.15) is 24.7 Å². The van der Waals surface area contributed by atoms with E-state index in [1.807, 2.05) is 37.3 Å². The summed E-state index contributed by atoms with van der Waals surface area (Å²) in [5.41, 5.74) is 3.70. The summed E-state index contributed by atoms with van der Waals surface area (Å²) >= 11 is 3.55. The van der Waals surface area contributed by atoms with Gasteiger partial charge in [-0.05, 0) is 83.4 Å². The van der Waals surface area contributed by atoms with Gasteiger partial charge in [0.25, 0.3) is 5.91 Å². The van der Waals surface area contributed by atoms with Crippen LogP contribution in [0.15, 0.2) is 70.5 Å². The van der Waals surface area contributed by atoms with Crippen LogP contribution in [0.5, 0.6) is 23.0 Å². The maximum absolute atomic E-state index is 12.1. The third kappa shape index (κ3) is 9.70. The Kier molecular flexibility index (Phi) is 12.4. The molecule has 9 heteroatoms. The SMILES string of the molecule is CCCCCCOc1ccc(OCCOc2c(Br)cc(C=NNC(=O)c3ccncc3)cc2OCC)cc1. The number of hydrogen-bond acceptors (Lipinski definition) is 7. The number of aromatic nitrogens is 1. The molecule has 0 aliphatic carbocycles. The molecule has 0 unspecified atom stereocenters. The second-order valence-corrected chi connectivity index (χ2v) is 9.13. The maximum atomic E-state index is 12.1. The molecule has 0 bridgehead atoms. The maximum Gasteiger partial charge on any atom is 0.271 e. The van der Waals surface area contributed by atoms with Crippen molar-refractivity contribution in [3.05, 3.63) is 76.5 Å². The molecule has 0 saturated carbocycles. The Morgan fingerprint density at radius 2 is 1.58 bits per heavy atom. The van der Waals surface area contributed by atoms with Gasteiger partial charge in [-0.1, -0.05) is 26.2 Å². The van der Waals surface area contributed by atoms with E-state index in [0.29, 0.717) is 41.4 Å². The number of halogens is 1. The number of hydrogen-bond donors (Lipinski definition) is 1. The molecule has 202 valence electrons. The highest BCUT2D eigenvalue weighted by molar-refractivity contribution is 9.10. The number of carbonyl (C=O) groups is 1. The number of carbonyl (C=O) groups excluding carboxylic acids is 1. The van der Waals surface area contributed by atoms with Gasteiger partial charge in [-0.15, -0.1) is 0 Å². The molecule has 1 N–H and O–H groups in total. The zero-order chi connectivity index (χ0) is 27.0. The summed E-state index contributed by atoms with van der Waals surface area (Å²) < 4.78 is 24.0. The van der Waals surface area contributed by atoms with Crippen LogP contribution >= 0.6 is 15.9 Å². The molecule has 8 nitrogen and oxygen atoms in total. The van der Waals surface area contributed by atoms with Gasteiger partial charge in [0, 0.05) is 18.0 Å². The number of rotatable bonds is 16. The first-order chi connectivity index (χ1) is 18.6. The van der Waals surface area contributed by atoms with Crippen molar-refractivity contribution in [1.29, 1.82) is 0 Å². The fourth-order valence-electron chi connectivity index (χ4n) is 3.45. The summed E-state index contributed by atoms with van der Waals surface area (Å²) in [6, 6.07) is 14.5. The summed E-state index contributed by atoms with van der Waals surface area (Å²) in [5.74, 6) is 2.40. The van der Waals surface area contributed by atoms with Crippen molar-refractivity contribution in [2.75, 3.05) is 26.4 Å². The van der Waals surface area contributed by atoms with Crippen LogP contribution in [-0.4, -0.2) is 43.5 Å². The molecule has 3 rings (SSSR count). The van der Waals surface area contributed by atoms with Gasteiger partial charge < -0.3 is 18.9 Å². The van der Waals surface area contributed by atoms with Gasteiger partial charge in [0.15, 0.2) is 11.5 Å². The second kappa shape index (κ2) is 16.3. The van der Waals surface area contributed by atoms with Crippen molar-refractivity contribution in [2.45, 2.75) is 39.5 Å². The predicted molar refractivity (Wildman–Crippen MR) is 152 cm³/mol.